The van der Waals surface area contributed by atoms with Gasteiger partial charge in [-0.15, -0.1) is 0 Å². The third-order valence-electron chi connectivity index (χ3n) is 2.73. The van der Waals surface area contributed by atoms with E-state index in [2.05, 4.69) is 6.92 Å². The predicted octanol–water partition coefficient (Wildman–Crippen LogP) is 3.33. The van der Waals surface area contributed by atoms with Gasteiger partial charge in [0.05, 0.1) is 0 Å². The number of rotatable bonds is 0. The summed E-state index contributed by atoms with van der Waals surface area (Å²) in [6, 6.07) is 0. The van der Waals surface area contributed by atoms with Crippen LogP contribution in [0.25, 0.3) is 0 Å². The van der Waals surface area contributed by atoms with E-state index in [1.807, 2.05) is 0 Å². The number of Topliss-reactive ketones (excluding diaryl/α,β-unsaturated/α-hetero) is 1. The van der Waals surface area contributed by atoms with Crippen molar-refractivity contribution in [3.63, 3.8) is 0 Å². The maximum absolute atomic E-state index is 11.3. The third kappa shape index (κ3) is 3.89. The molecule has 0 radical (unpaired) electrons. The first-order valence-corrected chi connectivity index (χ1v) is 5.31. The zero-order valence-corrected chi connectivity index (χ0v) is 8.14. The Morgan fingerprint density at radius 2 is 1.75 bits per heavy atom. The normalized spacial score (nSPS) is 28.4. The molecule has 0 aromatic carbocycles. The van der Waals surface area contributed by atoms with Gasteiger partial charge in [-0.2, -0.15) is 0 Å². The van der Waals surface area contributed by atoms with Crippen LogP contribution in [-0.4, -0.2) is 5.78 Å². The highest BCUT2D eigenvalue weighted by Gasteiger charge is 2.10. The van der Waals surface area contributed by atoms with E-state index in [1.54, 1.807) is 0 Å². The van der Waals surface area contributed by atoms with Crippen molar-refractivity contribution >= 4 is 5.78 Å². The zero-order valence-electron chi connectivity index (χ0n) is 8.14. The first-order valence-electron chi connectivity index (χ1n) is 5.31. The Morgan fingerprint density at radius 1 is 1.08 bits per heavy atom. The van der Waals surface area contributed by atoms with Crippen LogP contribution < -0.4 is 0 Å². The summed E-state index contributed by atoms with van der Waals surface area (Å²) in [6.07, 6.45) is 9.36. The summed E-state index contributed by atoms with van der Waals surface area (Å²) in [5.74, 6) is 1.13. The lowest BCUT2D eigenvalue weighted by atomic mass is 9.93. The van der Waals surface area contributed by atoms with Crippen molar-refractivity contribution in [2.75, 3.05) is 0 Å². The summed E-state index contributed by atoms with van der Waals surface area (Å²) >= 11 is 0. The molecule has 70 valence electrons. The molecular formula is C11H20O. The smallest absolute Gasteiger partial charge is 0.133 e. The first kappa shape index (κ1) is 9.76. The summed E-state index contributed by atoms with van der Waals surface area (Å²) in [5.41, 5.74) is 0. The summed E-state index contributed by atoms with van der Waals surface area (Å²) in [6.45, 7) is 2.21. The quantitative estimate of drug-likeness (QED) is 0.542. The maximum atomic E-state index is 11.3. The number of hydrogen-bond acceptors (Lipinski definition) is 1. The Kier molecular flexibility index (Phi) is 4.34. The van der Waals surface area contributed by atoms with Crippen LogP contribution in [0.4, 0.5) is 0 Å². The average Bonchev–Trinajstić information content (AvgIpc) is 2.02. The highest BCUT2D eigenvalue weighted by atomic mass is 16.1. The van der Waals surface area contributed by atoms with Gasteiger partial charge in [0.1, 0.15) is 5.78 Å². The Bertz CT molecular complexity index is 140. The van der Waals surface area contributed by atoms with E-state index in [0.717, 1.165) is 19.3 Å². The van der Waals surface area contributed by atoms with E-state index in [9.17, 15) is 4.79 Å². The highest BCUT2D eigenvalue weighted by molar-refractivity contribution is 5.78. The fraction of sp³-hybridized carbons (Fsp3) is 0.909. The summed E-state index contributed by atoms with van der Waals surface area (Å²) < 4.78 is 0. The molecule has 1 fully saturated rings. The van der Waals surface area contributed by atoms with Gasteiger partial charge in [-0.1, -0.05) is 39.0 Å². The molecular weight excluding hydrogens is 148 g/mol. The molecule has 0 heterocycles. The molecule has 0 aromatic heterocycles. The summed E-state index contributed by atoms with van der Waals surface area (Å²) in [4.78, 5) is 11.3. The number of carbonyl (C=O) groups is 1. The molecule has 0 saturated heterocycles. The van der Waals surface area contributed by atoms with Crippen molar-refractivity contribution in [2.24, 2.45) is 5.92 Å². The van der Waals surface area contributed by atoms with Crippen molar-refractivity contribution in [2.45, 2.75) is 58.3 Å². The van der Waals surface area contributed by atoms with E-state index in [-0.39, 0.29) is 0 Å². The predicted molar refractivity (Wildman–Crippen MR) is 51.1 cm³/mol. The largest absolute Gasteiger partial charge is 0.300 e. The van der Waals surface area contributed by atoms with Gasteiger partial charge in [-0.3, -0.25) is 4.79 Å². The Hall–Kier alpha value is -0.330. The second kappa shape index (κ2) is 5.34. The van der Waals surface area contributed by atoms with Gasteiger partial charge >= 0.3 is 0 Å². The van der Waals surface area contributed by atoms with Crippen LogP contribution in [0.1, 0.15) is 58.3 Å². The van der Waals surface area contributed by atoms with Gasteiger partial charge in [0, 0.05) is 12.8 Å². The maximum Gasteiger partial charge on any atom is 0.133 e. The Labute approximate surface area is 75.5 Å². The minimum absolute atomic E-state index is 0.490. The van der Waals surface area contributed by atoms with Crippen molar-refractivity contribution in [1.29, 1.82) is 0 Å². The first-order chi connectivity index (χ1) is 5.79. The second-order valence-corrected chi connectivity index (χ2v) is 4.15. The van der Waals surface area contributed by atoms with Gasteiger partial charge in [-0.05, 0) is 12.3 Å². The topological polar surface area (TPSA) is 17.1 Å². The molecule has 1 heteroatoms. The van der Waals surface area contributed by atoms with Crippen molar-refractivity contribution in [3.05, 3.63) is 0 Å². The van der Waals surface area contributed by atoms with Crippen LogP contribution in [0, 0.1) is 5.92 Å². The average molecular weight is 168 g/mol. The van der Waals surface area contributed by atoms with Crippen LogP contribution in [0.5, 0.6) is 0 Å². The molecule has 0 amide bonds. The fourth-order valence-corrected chi connectivity index (χ4v) is 1.94. The lowest BCUT2D eigenvalue weighted by Gasteiger charge is -2.12. The van der Waals surface area contributed by atoms with E-state index in [4.69, 9.17) is 0 Å². The SMILES string of the molecule is C[C@@H]1CCCCCCCC(=O)C1. The third-order valence-corrected chi connectivity index (χ3v) is 2.73. The molecule has 0 unspecified atom stereocenters. The number of hydrogen-bond donors (Lipinski definition) is 0. The van der Waals surface area contributed by atoms with Gasteiger partial charge in [-0.25, -0.2) is 0 Å². The molecule has 1 saturated carbocycles. The Morgan fingerprint density at radius 3 is 2.58 bits per heavy atom. The molecule has 0 bridgehead atoms. The summed E-state index contributed by atoms with van der Waals surface area (Å²) in [5, 5.41) is 0. The molecule has 0 aromatic rings. The molecule has 0 N–H and O–H groups in total. The lowest BCUT2D eigenvalue weighted by molar-refractivity contribution is -0.120. The molecule has 1 nitrogen and oxygen atoms in total. The summed E-state index contributed by atoms with van der Waals surface area (Å²) in [7, 11) is 0. The van der Waals surface area contributed by atoms with Crippen molar-refractivity contribution < 1.29 is 4.79 Å². The van der Waals surface area contributed by atoms with Crippen LogP contribution in [-0.2, 0) is 4.79 Å². The highest BCUT2D eigenvalue weighted by Crippen LogP contribution is 2.18. The fourth-order valence-electron chi connectivity index (χ4n) is 1.94. The van der Waals surface area contributed by atoms with Gasteiger partial charge in [0.15, 0.2) is 0 Å². The number of ketones is 1. The molecule has 1 aliphatic rings. The van der Waals surface area contributed by atoms with Crippen molar-refractivity contribution in [1.82, 2.24) is 0 Å². The standard InChI is InChI=1S/C11H20O/c1-10-7-5-3-2-4-6-8-11(12)9-10/h10H,2-9H2,1H3/t10-/m1/s1. The van der Waals surface area contributed by atoms with Crippen LogP contribution >= 0.6 is 0 Å². The van der Waals surface area contributed by atoms with E-state index in [0.29, 0.717) is 11.7 Å². The lowest BCUT2D eigenvalue weighted by Crippen LogP contribution is -2.06. The van der Waals surface area contributed by atoms with E-state index >= 15 is 0 Å². The zero-order chi connectivity index (χ0) is 8.81. The van der Waals surface area contributed by atoms with Gasteiger partial charge in [0.25, 0.3) is 0 Å². The molecule has 1 rings (SSSR count). The second-order valence-electron chi connectivity index (χ2n) is 4.15. The minimum atomic E-state index is 0.490. The van der Waals surface area contributed by atoms with Crippen LogP contribution in [0.15, 0.2) is 0 Å². The molecule has 12 heavy (non-hydrogen) atoms. The van der Waals surface area contributed by atoms with E-state index < -0.39 is 0 Å². The molecule has 1 atom stereocenters. The van der Waals surface area contributed by atoms with E-state index in [1.165, 1.54) is 32.1 Å². The molecule has 0 spiro atoms. The van der Waals surface area contributed by atoms with Gasteiger partial charge in [0.2, 0.25) is 0 Å². The van der Waals surface area contributed by atoms with Crippen LogP contribution in [0.2, 0.25) is 0 Å². The van der Waals surface area contributed by atoms with Crippen LogP contribution in [0.3, 0.4) is 0 Å². The number of carbonyl (C=O) groups excluding carboxylic acids is 1. The Balaban J connectivity index is 2.29. The molecule has 0 aliphatic heterocycles. The van der Waals surface area contributed by atoms with Crippen molar-refractivity contribution in [3.8, 4) is 0 Å². The molecule has 1 aliphatic carbocycles. The minimum Gasteiger partial charge on any atom is -0.300 e. The monoisotopic (exact) mass is 168 g/mol. The van der Waals surface area contributed by atoms with Gasteiger partial charge < -0.3 is 0 Å².